The summed E-state index contributed by atoms with van der Waals surface area (Å²) >= 11 is 1.31. The lowest BCUT2D eigenvalue weighted by molar-refractivity contribution is 0.102. The lowest BCUT2D eigenvalue weighted by Crippen LogP contribution is -2.37. The first-order valence-electron chi connectivity index (χ1n) is 6.56. The Morgan fingerprint density at radius 1 is 1.09 bits per heavy atom. The molecule has 3 heterocycles. The van der Waals surface area contributed by atoms with Crippen molar-refractivity contribution >= 4 is 28.3 Å². The summed E-state index contributed by atoms with van der Waals surface area (Å²) in [4.78, 5) is 41.5. The van der Waals surface area contributed by atoms with Gasteiger partial charge < -0.3 is 4.57 Å². The largest absolute Gasteiger partial charge is 0.332 e. The molecule has 3 aromatic rings. The van der Waals surface area contributed by atoms with Crippen molar-refractivity contribution in [3.8, 4) is 10.7 Å². The molecule has 114 valence electrons. The number of nitrogens with zero attached hydrogens (tertiary/aromatic N) is 4. The first-order valence-corrected chi connectivity index (χ1v) is 7.38. The fourth-order valence-electron chi connectivity index (χ4n) is 2.45. The van der Waals surface area contributed by atoms with E-state index in [1.165, 1.54) is 29.9 Å². The van der Waals surface area contributed by atoms with Gasteiger partial charge in [-0.15, -0.1) is 11.3 Å². The number of hydrogen-bond acceptors (Lipinski definition) is 5. The average molecular weight is 318 g/mol. The molecule has 7 nitrogen and oxygen atoms in total. The molecule has 0 spiro atoms. The first-order chi connectivity index (χ1) is 10.3. The third-order valence-corrected chi connectivity index (χ3v) is 4.82. The number of carbonyl (C=O) groups excluding carboxylic acids is 1. The number of ketones is 1. The number of imidazole rings is 1. The van der Waals surface area contributed by atoms with Crippen LogP contribution >= 0.6 is 11.3 Å². The van der Waals surface area contributed by atoms with Gasteiger partial charge in [-0.1, -0.05) is 0 Å². The number of Topliss-reactive ketones (excluding diaryl/α,β-unsaturated/α-hetero) is 1. The highest BCUT2D eigenvalue weighted by Gasteiger charge is 2.19. The number of hydrogen-bond donors (Lipinski definition) is 0. The van der Waals surface area contributed by atoms with Gasteiger partial charge in [0.05, 0.1) is 9.75 Å². The molecule has 0 amide bonds. The van der Waals surface area contributed by atoms with Crippen molar-refractivity contribution in [1.82, 2.24) is 18.7 Å². The molecular weight excluding hydrogens is 304 g/mol. The van der Waals surface area contributed by atoms with Gasteiger partial charge in [0, 0.05) is 21.1 Å². The molecule has 0 aromatic carbocycles. The Morgan fingerprint density at radius 3 is 2.36 bits per heavy atom. The zero-order valence-corrected chi connectivity index (χ0v) is 13.4. The van der Waals surface area contributed by atoms with Crippen molar-refractivity contribution in [2.75, 3.05) is 0 Å². The molecule has 0 saturated heterocycles. The minimum Gasteiger partial charge on any atom is -0.312 e. The van der Waals surface area contributed by atoms with E-state index in [1.807, 2.05) is 0 Å². The highest BCUT2D eigenvalue weighted by atomic mass is 32.1. The zero-order valence-electron chi connectivity index (χ0n) is 12.6. The Hall–Kier alpha value is -2.48. The predicted octanol–water partition coefficient (Wildman–Crippen LogP) is 0.902. The molecule has 0 unspecified atom stereocenters. The summed E-state index contributed by atoms with van der Waals surface area (Å²) < 4.78 is 4.13. The summed E-state index contributed by atoms with van der Waals surface area (Å²) in [7, 11) is 4.78. The quantitative estimate of drug-likeness (QED) is 0.658. The van der Waals surface area contributed by atoms with Crippen molar-refractivity contribution in [3.63, 3.8) is 0 Å². The van der Waals surface area contributed by atoms with Gasteiger partial charge >= 0.3 is 5.69 Å². The molecular formula is C14H14N4O3S. The SMILES string of the molecule is CC(=O)c1ccc(-c2nc3c(=O)n(C)c(=O)n(C)c3n2C)s1. The van der Waals surface area contributed by atoms with Crippen LogP contribution in [-0.2, 0) is 21.1 Å². The number of thiophene rings is 1. The molecule has 3 rings (SSSR count). The van der Waals surface area contributed by atoms with E-state index in [0.717, 1.165) is 9.44 Å². The summed E-state index contributed by atoms with van der Waals surface area (Å²) in [5.41, 5.74) is -0.133. The van der Waals surface area contributed by atoms with E-state index in [1.54, 1.807) is 30.8 Å². The molecule has 0 N–H and O–H groups in total. The fourth-order valence-corrected chi connectivity index (χ4v) is 3.37. The summed E-state index contributed by atoms with van der Waals surface area (Å²) in [5.74, 6) is 0.545. The standard InChI is InChI=1S/C14H14N4O3S/c1-7(19)8-5-6-9(22-8)11-15-10-12(16(11)2)17(3)14(21)18(4)13(10)20/h5-6H,1-4H3. The maximum atomic E-state index is 12.2. The smallest absolute Gasteiger partial charge is 0.312 e. The Morgan fingerprint density at radius 2 is 1.77 bits per heavy atom. The molecule has 3 aromatic heterocycles. The van der Waals surface area contributed by atoms with Crippen LogP contribution in [0.5, 0.6) is 0 Å². The van der Waals surface area contributed by atoms with Gasteiger partial charge in [-0.2, -0.15) is 0 Å². The minimum atomic E-state index is -0.428. The minimum absolute atomic E-state index is 0.0154. The topological polar surface area (TPSA) is 78.9 Å². The van der Waals surface area contributed by atoms with Gasteiger partial charge in [-0.05, 0) is 19.1 Å². The Kier molecular flexibility index (Phi) is 3.13. The summed E-state index contributed by atoms with van der Waals surface area (Å²) in [6.45, 7) is 1.50. The van der Waals surface area contributed by atoms with E-state index >= 15 is 0 Å². The van der Waals surface area contributed by atoms with Crippen LogP contribution in [0.15, 0.2) is 21.7 Å². The van der Waals surface area contributed by atoms with Crippen LogP contribution in [0.25, 0.3) is 21.9 Å². The highest BCUT2D eigenvalue weighted by molar-refractivity contribution is 7.17. The van der Waals surface area contributed by atoms with Crippen LogP contribution in [-0.4, -0.2) is 24.5 Å². The van der Waals surface area contributed by atoms with Crippen molar-refractivity contribution in [3.05, 3.63) is 37.8 Å². The van der Waals surface area contributed by atoms with E-state index in [-0.39, 0.29) is 11.3 Å². The monoisotopic (exact) mass is 318 g/mol. The second kappa shape index (κ2) is 4.77. The molecule has 22 heavy (non-hydrogen) atoms. The van der Waals surface area contributed by atoms with Gasteiger partial charge in [-0.25, -0.2) is 9.78 Å². The molecule has 0 atom stereocenters. The van der Waals surface area contributed by atoms with Gasteiger partial charge in [0.2, 0.25) is 0 Å². The van der Waals surface area contributed by atoms with Crippen LogP contribution in [0.2, 0.25) is 0 Å². The maximum Gasteiger partial charge on any atom is 0.332 e. The molecule has 0 radical (unpaired) electrons. The normalized spacial score (nSPS) is 11.3. The van der Waals surface area contributed by atoms with Gasteiger partial charge in [-0.3, -0.25) is 18.7 Å². The summed E-state index contributed by atoms with van der Waals surface area (Å²) in [6.07, 6.45) is 0. The van der Waals surface area contributed by atoms with Crippen LogP contribution in [0, 0.1) is 0 Å². The van der Waals surface area contributed by atoms with Crippen molar-refractivity contribution in [2.45, 2.75) is 6.92 Å². The number of carbonyl (C=O) groups is 1. The van der Waals surface area contributed by atoms with E-state index in [2.05, 4.69) is 4.98 Å². The Labute approximate surface area is 129 Å². The van der Waals surface area contributed by atoms with Gasteiger partial charge in [0.25, 0.3) is 5.56 Å². The molecule has 0 fully saturated rings. The second-order valence-electron chi connectivity index (χ2n) is 5.09. The number of aromatic nitrogens is 4. The van der Waals surface area contributed by atoms with E-state index in [9.17, 15) is 14.4 Å². The highest BCUT2D eigenvalue weighted by Crippen LogP contribution is 2.28. The van der Waals surface area contributed by atoms with E-state index in [4.69, 9.17) is 0 Å². The lowest BCUT2D eigenvalue weighted by atomic mass is 10.3. The molecule has 8 heteroatoms. The third-order valence-electron chi connectivity index (χ3n) is 3.64. The van der Waals surface area contributed by atoms with Crippen molar-refractivity contribution in [1.29, 1.82) is 0 Å². The molecule has 0 aliphatic heterocycles. The summed E-state index contributed by atoms with van der Waals surface area (Å²) in [6, 6.07) is 3.53. The average Bonchev–Trinajstić information content (AvgIpc) is 3.07. The van der Waals surface area contributed by atoms with Crippen LogP contribution in [0.1, 0.15) is 16.6 Å². The molecule has 0 aliphatic carbocycles. The van der Waals surface area contributed by atoms with E-state index < -0.39 is 11.2 Å². The zero-order chi connectivity index (χ0) is 16.2. The number of fused-ring (bicyclic) bond motifs is 1. The molecule has 0 aliphatic rings. The Bertz CT molecular complexity index is 1030. The number of rotatable bonds is 2. The van der Waals surface area contributed by atoms with Gasteiger partial charge in [0.1, 0.15) is 5.65 Å². The first kappa shape index (κ1) is 14.5. The molecule has 0 saturated carbocycles. The van der Waals surface area contributed by atoms with Crippen LogP contribution < -0.4 is 11.2 Å². The fraction of sp³-hybridized carbons (Fsp3) is 0.286. The maximum absolute atomic E-state index is 12.2. The Balaban J connectivity index is 2.37. The lowest BCUT2D eigenvalue weighted by Gasteiger charge is -2.05. The van der Waals surface area contributed by atoms with Crippen LogP contribution in [0.4, 0.5) is 0 Å². The summed E-state index contributed by atoms with van der Waals surface area (Å²) in [5, 5.41) is 0. The third kappa shape index (κ3) is 1.87. The van der Waals surface area contributed by atoms with Gasteiger partial charge in [0.15, 0.2) is 17.1 Å². The van der Waals surface area contributed by atoms with Crippen LogP contribution in [0.3, 0.4) is 0 Å². The predicted molar refractivity (Wildman–Crippen MR) is 84.5 cm³/mol. The molecule has 0 bridgehead atoms. The van der Waals surface area contributed by atoms with E-state index in [0.29, 0.717) is 16.3 Å². The second-order valence-corrected chi connectivity index (χ2v) is 6.18. The number of aryl methyl sites for hydroxylation is 2. The van der Waals surface area contributed by atoms with Crippen molar-refractivity contribution in [2.24, 2.45) is 21.1 Å². The van der Waals surface area contributed by atoms with Crippen molar-refractivity contribution < 1.29 is 4.79 Å².